The van der Waals surface area contributed by atoms with Crippen LogP contribution in [-0.4, -0.2) is 62.8 Å². The number of rotatable bonds is 8. The van der Waals surface area contributed by atoms with E-state index in [1.807, 2.05) is 18.2 Å². The summed E-state index contributed by atoms with van der Waals surface area (Å²) in [5.74, 6) is 0.804. The summed E-state index contributed by atoms with van der Waals surface area (Å²) in [4.78, 5) is 26.1. The summed E-state index contributed by atoms with van der Waals surface area (Å²) in [5, 5.41) is 0. The van der Waals surface area contributed by atoms with Crippen molar-refractivity contribution in [3.63, 3.8) is 0 Å². The monoisotopic (exact) mass is 439 g/mol. The Morgan fingerprint density at radius 2 is 1.91 bits per heavy atom. The third-order valence-electron chi connectivity index (χ3n) is 5.90. The first-order valence-corrected chi connectivity index (χ1v) is 11.0. The lowest BCUT2D eigenvalue weighted by Gasteiger charge is -2.26. The van der Waals surface area contributed by atoms with Gasteiger partial charge in [0.1, 0.15) is 18.5 Å². The van der Waals surface area contributed by atoms with Gasteiger partial charge in [0.05, 0.1) is 25.9 Å². The minimum absolute atomic E-state index is 0.101. The van der Waals surface area contributed by atoms with Gasteiger partial charge in [-0.05, 0) is 48.7 Å². The van der Waals surface area contributed by atoms with Crippen LogP contribution in [0.2, 0.25) is 0 Å². The molecule has 2 atom stereocenters. The largest absolute Gasteiger partial charge is 0.493 e. The van der Waals surface area contributed by atoms with Gasteiger partial charge in [-0.2, -0.15) is 0 Å². The maximum Gasteiger partial charge on any atom is 0.338 e. The Kier molecular flexibility index (Phi) is 7.39. The zero-order valence-electron chi connectivity index (χ0n) is 18.3. The first-order chi connectivity index (χ1) is 15.6. The molecule has 2 aliphatic rings. The van der Waals surface area contributed by atoms with Crippen LogP contribution in [0.5, 0.6) is 11.5 Å². The number of methoxy groups -OCH3 is 1. The van der Waals surface area contributed by atoms with Crippen LogP contribution in [0, 0.1) is 0 Å². The second kappa shape index (κ2) is 10.6. The first kappa shape index (κ1) is 22.3. The summed E-state index contributed by atoms with van der Waals surface area (Å²) in [5.41, 5.74) is 2.19. The van der Waals surface area contributed by atoms with Crippen LogP contribution in [-0.2, 0) is 16.0 Å². The van der Waals surface area contributed by atoms with Gasteiger partial charge in [-0.3, -0.25) is 9.69 Å². The average Bonchev–Trinajstić information content (AvgIpc) is 3.26. The molecule has 2 fully saturated rings. The fourth-order valence-corrected chi connectivity index (χ4v) is 4.19. The Bertz CT molecular complexity index is 940. The van der Waals surface area contributed by atoms with Gasteiger partial charge in [-0.15, -0.1) is 0 Å². The van der Waals surface area contributed by atoms with E-state index in [0.29, 0.717) is 29.0 Å². The highest BCUT2D eigenvalue weighted by Crippen LogP contribution is 2.33. The molecule has 1 aliphatic carbocycles. The van der Waals surface area contributed by atoms with Crippen LogP contribution in [0.3, 0.4) is 0 Å². The molecule has 4 rings (SSSR count). The maximum absolute atomic E-state index is 12.7. The second-order valence-corrected chi connectivity index (χ2v) is 8.20. The standard InChI is InChI=1S/C25H29NO6/c1-29-23-8-5-19(17-27)14-24(23)31-21-6-7-22(15-21)32-25(28)20-4-2-3-18(13-20)16-26-9-11-30-12-10-26/h2-5,8,13-14,17,21-22H,6-7,9-12,15-16H2,1H3/t21-,22+/m1/s1. The van der Waals surface area contributed by atoms with Gasteiger partial charge < -0.3 is 18.9 Å². The highest BCUT2D eigenvalue weighted by Gasteiger charge is 2.30. The van der Waals surface area contributed by atoms with Crippen molar-refractivity contribution in [2.24, 2.45) is 0 Å². The summed E-state index contributed by atoms with van der Waals surface area (Å²) in [6.45, 7) is 4.10. The Hall–Kier alpha value is -2.90. The van der Waals surface area contributed by atoms with Gasteiger partial charge >= 0.3 is 5.97 Å². The lowest BCUT2D eigenvalue weighted by atomic mass is 10.1. The van der Waals surface area contributed by atoms with Crippen LogP contribution < -0.4 is 9.47 Å². The molecule has 2 aromatic carbocycles. The predicted octanol–water partition coefficient (Wildman–Crippen LogP) is 3.50. The molecule has 0 radical (unpaired) electrons. The quantitative estimate of drug-likeness (QED) is 0.460. The molecule has 170 valence electrons. The SMILES string of the molecule is COc1ccc(C=O)cc1O[C@@H]1CC[C@H](OC(=O)c2cccc(CN3CCOCC3)c2)C1. The van der Waals surface area contributed by atoms with Crippen molar-refractivity contribution in [3.05, 3.63) is 59.2 Å². The Labute approximate surface area is 188 Å². The third kappa shape index (κ3) is 5.66. The zero-order valence-corrected chi connectivity index (χ0v) is 18.3. The molecule has 1 aliphatic heterocycles. The molecule has 7 heteroatoms. The number of ether oxygens (including phenoxy) is 4. The van der Waals surface area contributed by atoms with Crippen molar-refractivity contribution in [1.82, 2.24) is 4.90 Å². The highest BCUT2D eigenvalue weighted by molar-refractivity contribution is 5.89. The van der Waals surface area contributed by atoms with Crippen molar-refractivity contribution >= 4 is 12.3 Å². The van der Waals surface area contributed by atoms with E-state index < -0.39 is 0 Å². The topological polar surface area (TPSA) is 74.3 Å². The van der Waals surface area contributed by atoms with Gasteiger partial charge in [-0.1, -0.05) is 12.1 Å². The molecule has 0 amide bonds. The van der Waals surface area contributed by atoms with E-state index in [4.69, 9.17) is 18.9 Å². The number of aldehydes is 1. The zero-order chi connectivity index (χ0) is 22.3. The van der Waals surface area contributed by atoms with E-state index in [1.54, 1.807) is 31.4 Å². The van der Waals surface area contributed by atoms with Gasteiger partial charge in [-0.25, -0.2) is 4.79 Å². The van der Waals surface area contributed by atoms with E-state index >= 15 is 0 Å². The Balaban J connectivity index is 1.32. The van der Waals surface area contributed by atoms with E-state index in [0.717, 1.165) is 57.5 Å². The summed E-state index contributed by atoms with van der Waals surface area (Å²) in [7, 11) is 1.56. The third-order valence-corrected chi connectivity index (χ3v) is 5.90. The van der Waals surface area contributed by atoms with Crippen LogP contribution >= 0.6 is 0 Å². The van der Waals surface area contributed by atoms with Crippen molar-refractivity contribution in [2.75, 3.05) is 33.4 Å². The molecule has 1 heterocycles. The minimum atomic E-state index is -0.306. The molecule has 2 aromatic rings. The van der Waals surface area contributed by atoms with E-state index in [-0.39, 0.29) is 18.2 Å². The lowest BCUT2D eigenvalue weighted by Crippen LogP contribution is -2.35. The number of hydrogen-bond donors (Lipinski definition) is 0. The van der Waals surface area contributed by atoms with Crippen LogP contribution in [0.1, 0.15) is 45.5 Å². The highest BCUT2D eigenvalue weighted by atomic mass is 16.6. The van der Waals surface area contributed by atoms with Crippen LogP contribution in [0.25, 0.3) is 0 Å². The molecule has 32 heavy (non-hydrogen) atoms. The summed E-state index contributed by atoms with van der Waals surface area (Å²) in [6.07, 6.45) is 2.59. The van der Waals surface area contributed by atoms with Crippen LogP contribution in [0.4, 0.5) is 0 Å². The summed E-state index contributed by atoms with van der Waals surface area (Å²) < 4.78 is 22.6. The molecular formula is C25H29NO6. The van der Waals surface area contributed by atoms with Crippen molar-refractivity contribution < 1.29 is 28.5 Å². The Morgan fingerprint density at radius 1 is 1.09 bits per heavy atom. The second-order valence-electron chi connectivity index (χ2n) is 8.20. The normalized spacial score (nSPS) is 21.2. The van der Waals surface area contributed by atoms with E-state index in [9.17, 15) is 9.59 Å². The molecule has 1 saturated carbocycles. The smallest absolute Gasteiger partial charge is 0.338 e. The fourth-order valence-electron chi connectivity index (χ4n) is 4.19. The van der Waals surface area contributed by atoms with Gasteiger partial charge in [0, 0.05) is 31.6 Å². The molecule has 0 spiro atoms. The molecular weight excluding hydrogens is 410 g/mol. The molecule has 0 N–H and O–H groups in total. The minimum Gasteiger partial charge on any atom is -0.493 e. The van der Waals surface area contributed by atoms with Crippen molar-refractivity contribution in [1.29, 1.82) is 0 Å². The number of benzene rings is 2. The predicted molar refractivity (Wildman–Crippen MR) is 118 cm³/mol. The number of morpholine rings is 1. The molecule has 0 bridgehead atoms. The first-order valence-electron chi connectivity index (χ1n) is 11.0. The molecule has 0 unspecified atom stereocenters. The summed E-state index contributed by atoms with van der Waals surface area (Å²) >= 11 is 0. The Morgan fingerprint density at radius 3 is 2.69 bits per heavy atom. The lowest BCUT2D eigenvalue weighted by molar-refractivity contribution is 0.0290. The van der Waals surface area contributed by atoms with E-state index in [2.05, 4.69) is 4.90 Å². The number of carbonyl (C=O) groups excluding carboxylic acids is 2. The number of carbonyl (C=O) groups is 2. The number of hydrogen-bond acceptors (Lipinski definition) is 7. The van der Waals surface area contributed by atoms with Gasteiger partial charge in [0.2, 0.25) is 0 Å². The van der Waals surface area contributed by atoms with E-state index in [1.165, 1.54) is 0 Å². The van der Waals surface area contributed by atoms with Gasteiger partial charge in [0.15, 0.2) is 11.5 Å². The number of esters is 1. The molecule has 1 saturated heterocycles. The van der Waals surface area contributed by atoms with Crippen molar-refractivity contribution in [2.45, 2.75) is 38.0 Å². The maximum atomic E-state index is 12.7. The fraction of sp³-hybridized carbons (Fsp3) is 0.440. The molecule has 0 aromatic heterocycles. The average molecular weight is 440 g/mol. The van der Waals surface area contributed by atoms with Crippen LogP contribution in [0.15, 0.2) is 42.5 Å². The summed E-state index contributed by atoms with van der Waals surface area (Å²) in [6, 6.07) is 12.7. The van der Waals surface area contributed by atoms with Gasteiger partial charge in [0.25, 0.3) is 0 Å². The number of nitrogens with zero attached hydrogens (tertiary/aromatic N) is 1. The molecule has 7 nitrogen and oxygen atoms in total. The van der Waals surface area contributed by atoms with Crippen molar-refractivity contribution in [3.8, 4) is 11.5 Å².